The van der Waals surface area contributed by atoms with E-state index in [0.717, 1.165) is 16.9 Å². The van der Waals surface area contributed by atoms with Crippen molar-refractivity contribution in [2.75, 3.05) is 13.7 Å². The number of ether oxygens (including phenoxy) is 1. The maximum Gasteiger partial charge on any atom is 0.266 e. The minimum absolute atomic E-state index is 0.112. The fourth-order valence-corrected chi connectivity index (χ4v) is 4.62. The molecule has 0 aliphatic carbocycles. The molecule has 0 saturated carbocycles. The number of carbonyl (C=O) groups excluding carboxylic acids is 2. The Labute approximate surface area is 211 Å². The molecule has 1 saturated heterocycles. The molecule has 7 nitrogen and oxygen atoms in total. The zero-order valence-electron chi connectivity index (χ0n) is 18.1. The number of thiocarbonyl (C=S) groups is 1. The van der Waals surface area contributed by atoms with Crippen molar-refractivity contribution in [1.82, 2.24) is 15.4 Å². The molecule has 2 amide bonds. The molecule has 1 aliphatic heterocycles. The van der Waals surface area contributed by atoms with E-state index in [1.54, 1.807) is 31.4 Å². The number of benzene rings is 2. The summed E-state index contributed by atoms with van der Waals surface area (Å²) in [5.74, 6) is 0.827. The molecule has 34 heavy (non-hydrogen) atoms. The Balaban J connectivity index is 1.28. The molecule has 1 aliphatic rings. The van der Waals surface area contributed by atoms with Crippen LogP contribution in [0.4, 0.5) is 0 Å². The smallest absolute Gasteiger partial charge is 0.266 e. The third-order valence-electron chi connectivity index (χ3n) is 5.01. The first-order valence-corrected chi connectivity index (χ1v) is 11.9. The molecule has 2 aromatic carbocycles. The van der Waals surface area contributed by atoms with Crippen LogP contribution in [0.1, 0.15) is 17.7 Å². The summed E-state index contributed by atoms with van der Waals surface area (Å²) in [6.07, 6.45) is 1.89. The van der Waals surface area contributed by atoms with Gasteiger partial charge in [0.15, 0.2) is 5.76 Å². The van der Waals surface area contributed by atoms with E-state index in [1.165, 1.54) is 16.7 Å². The van der Waals surface area contributed by atoms with Gasteiger partial charge in [0.2, 0.25) is 5.91 Å². The number of nitrogens with one attached hydrogen (secondary N) is 1. The predicted octanol–water partition coefficient (Wildman–Crippen LogP) is 4.91. The highest BCUT2D eigenvalue weighted by Gasteiger charge is 2.32. The van der Waals surface area contributed by atoms with E-state index in [1.807, 2.05) is 36.4 Å². The normalized spacial score (nSPS) is 14.6. The first-order valence-electron chi connectivity index (χ1n) is 10.3. The standard InChI is InChI=1S/C24H20ClN3O4S2/c1-31-18-8-2-15(3-9-18)12-21-23(30)28(24(33)34-21)11-10-22(29)26-14-19-13-20(27-32-19)16-4-6-17(25)7-5-16/h2-9,12-13H,10-11,14H2,1H3,(H,26,29)/b21-12-. The van der Waals surface area contributed by atoms with Crippen molar-refractivity contribution in [3.05, 3.63) is 75.8 Å². The lowest BCUT2D eigenvalue weighted by Crippen LogP contribution is -2.33. The summed E-state index contributed by atoms with van der Waals surface area (Å²) >= 11 is 12.5. The van der Waals surface area contributed by atoms with Crippen molar-refractivity contribution < 1.29 is 18.8 Å². The molecular weight excluding hydrogens is 494 g/mol. The molecule has 2 heterocycles. The third kappa shape index (κ3) is 5.85. The van der Waals surface area contributed by atoms with Crippen LogP contribution in [0.5, 0.6) is 5.75 Å². The summed E-state index contributed by atoms with van der Waals surface area (Å²) in [6.45, 7) is 0.387. The first kappa shape index (κ1) is 24.0. The lowest BCUT2D eigenvalue weighted by molar-refractivity contribution is -0.124. The van der Waals surface area contributed by atoms with Crippen molar-refractivity contribution in [3.8, 4) is 17.0 Å². The number of carbonyl (C=O) groups is 2. The van der Waals surface area contributed by atoms with Gasteiger partial charge in [0.25, 0.3) is 5.91 Å². The second-order valence-corrected chi connectivity index (χ2v) is 9.43. The highest BCUT2D eigenvalue weighted by Crippen LogP contribution is 2.32. The molecule has 0 unspecified atom stereocenters. The highest BCUT2D eigenvalue weighted by atomic mass is 35.5. The SMILES string of the molecule is COc1ccc(/C=C2\SC(=S)N(CCC(=O)NCc3cc(-c4ccc(Cl)cc4)no3)C2=O)cc1. The van der Waals surface area contributed by atoms with E-state index < -0.39 is 0 Å². The molecule has 0 spiro atoms. The zero-order chi connectivity index (χ0) is 24.1. The van der Waals surface area contributed by atoms with Gasteiger partial charge >= 0.3 is 0 Å². The van der Waals surface area contributed by atoms with Gasteiger partial charge in [-0.25, -0.2) is 0 Å². The molecule has 0 radical (unpaired) electrons. The van der Waals surface area contributed by atoms with Crippen molar-refractivity contribution in [2.45, 2.75) is 13.0 Å². The highest BCUT2D eigenvalue weighted by molar-refractivity contribution is 8.26. The maximum absolute atomic E-state index is 12.8. The Morgan fingerprint density at radius 1 is 1.24 bits per heavy atom. The summed E-state index contributed by atoms with van der Waals surface area (Å²) < 4.78 is 10.9. The van der Waals surface area contributed by atoms with Gasteiger partial charge in [-0.3, -0.25) is 14.5 Å². The number of methoxy groups -OCH3 is 1. The van der Waals surface area contributed by atoms with E-state index in [2.05, 4.69) is 10.5 Å². The van der Waals surface area contributed by atoms with Crippen LogP contribution in [-0.4, -0.2) is 39.8 Å². The molecule has 3 aromatic rings. The number of nitrogens with zero attached hydrogens (tertiary/aromatic N) is 2. The van der Waals surface area contributed by atoms with Crippen LogP contribution in [0.2, 0.25) is 5.02 Å². The van der Waals surface area contributed by atoms with Crippen LogP contribution in [0.25, 0.3) is 17.3 Å². The van der Waals surface area contributed by atoms with Crippen LogP contribution in [0.3, 0.4) is 0 Å². The van der Waals surface area contributed by atoms with Crippen LogP contribution < -0.4 is 10.1 Å². The fourth-order valence-electron chi connectivity index (χ4n) is 3.18. The quantitative estimate of drug-likeness (QED) is 0.338. The summed E-state index contributed by atoms with van der Waals surface area (Å²) in [7, 11) is 1.60. The lowest BCUT2D eigenvalue weighted by Gasteiger charge is -2.13. The average Bonchev–Trinajstić information content (AvgIpc) is 3.42. The van der Waals surface area contributed by atoms with E-state index in [0.29, 0.717) is 25.7 Å². The van der Waals surface area contributed by atoms with E-state index in [4.69, 9.17) is 33.1 Å². The van der Waals surface area contributed by atoms with Gasteiger partial charge in [0, 0.05) is 29.6 Å². The van der Waals surface area contributed by atoms with Crippen molar-refractivity contribution in [2.24, 2.45) is 0 Å². The van der Waals surface area contributed by atoms with Crippen molar-refractivity contribution >= 4 is 57.8 Å². The summed E-state index contributed by atoms with van der Waals surface area (Å²) in [5.41, 5.74) is 2.38. The number of hydrogen-bond donors (Lipinski definition) is 1. The molecule has 10 heteroatoms. The molecule has 1 fully saturated rings. The predicted molar refractivity (Wildman–Crippen MR) is 136 cm³/mol. The van der Waals surface area contributed by atoms with Gasteiger partial charge in [-0.15, -0.1) is 0 Å². The van der Waals surface area contributed by atoms with Gasteiger partial charge in [0.05, 0.1) is 18.6 Å². The Morgan fingerprint density at radius 3 is 2.68 bits per heavy atom. The molecule has 0 atom stereocenters. The number of hydrogen-bond acceptors (Lipinski definition) is 7. The van der Waals surface area contributed by atoms with Gasteiger partial charge < -0.3 is 14.6 Å². The number of aromatic nitrogens is 1. The second-order valence-electron chi connectivity index (χ2n) is 7.32. The Bertz CT molecular complexity index is 1240. The maximum atomic E-state index is 12.8. The Hall–Kier alpha value is -3.14. The second kappa shape index (κ2) is 10.9. The third-order valence-corrected chi connectivity index (χ3v) is 6.64. The van der Waals surface area contributed by atoms with Crippen LogP contribution >= 0.6 is 35.6 Å². The minimum atomic E-state index is -0.224. The zero-order valence-corrected chi connectivity index (χ0v) is 20.5. The monoisotopic (exact) mass is 513 g/mol. The van der Waals surface area contributed by atoms with Gasteiger partial charge in [-0.1, -0.05) is 65.0 Å². The number of halogens is 1. The van der Waals surface area contributed by atoms with Gasteiger partial charge in [0.1, 0.15) is 15.8 Å². The van der Waals surface area contributed by atoms with Crippen molar-refractivity contribution in [3.63, 3.8) is 0 Å². The number of rotatable bonds is 8. The molecule has 174 valence electrons. The topological polar surface area (TPSA) is 84.7 Å². The van der Waals surface area contributed by atoms with Gasteiger partial charge in [-0.2, -0.15) is 0 Å². The first-order chi connectivity index (χ1) is 16.4. The van der Waals surface area contributed by atoms with Crippen LogP contribution in [0, 0.1) is 0 Å². The fraction of sp³-hybridized carbons (Fsp3) is 0.167. The largest absolute Gasteiger partial charge is 0.497 e. The van der Waals surface area contributed by atoms with Gasteiger partial charge in [-0.05, 0) is 35.9 Å². The van der Waals surface area contributed by atoms with Crippen molar-refractivity contribution in [1.29, 1.82) is 0 Å². The van der Waals surface area contributed by atoms with E-state index in [-0.39, 0.29) is 31.3 Å². The Morgan fingerprint density at radius 2 is 1.97 bits per heavy atom. The van der Waals surface area contributed by atoms with E-state index >= 15 is 0 Å². The minimum Gasteiger partial charge on any atom is -0.497 e. The summed E-state index contributed by atoms with van der Waals surface area (Å²) in [5, 5.41) is 7.44. The summed E-state index contributed by atoms with van der Waals surface area (Å²) in [4.78, 5) is 27.1. The average molecular weight is 514 g/mol. The van der Waals surface area contributed by atoms with Crippen LogP contribution in [-0.2, 0) is 16.1 Å². The Kier molecular flexibility index (Phi) is 7.66. The lowest BCUT2D eigenvalue weighted by atomic mass is 10.1. The molecular formula is C24H20ClN3O4S2. The molecule has 1 aromatic heterocycles. The molecule has 0 bridgehead atoms. The number of thioether (sulfide) groups is 1. The molecule has 1 N–H and O–H groups in total. The van der Waals surface area contributed by atoms with Crippen LogP contribution in [0.15, 0.2) is 64.0 Å². The summed E-state index contributed by atoms with van der Waals surface area (Å²) in [6, 6.07) is 16.4. The van der Waals surface area contributed by atoms with E-state index in [9.17, 15) is 9.59 Å². The molecule has 4 rings (SSSR count). The number of amides is 2.